The molecule has 0 fully saturated rings. The van der Waals surface area contributed by atoms with Crippen molar-refractivity contribution in [1.29, 1.82) is 0 Å². The monoisotopic (exact) mass is 434 g/mol. The van der Waals surface area contributed by atoms with Crippen LogP contribution in [0.25, 0.3) is 0 Å². The normalized spacial score (nSPS) is 10.5. The van der Waals surface area contributed by atoms with Crippen molar-refractivity contribution < 1.29 is 9.53 Å². The maximum atomic E-state index is 11.8. The third-order valence-electron chi connectivity index (χ3n) is 2.92. The predicted molar refractivity (Wildman–Crippen MR) is 105 cm³/mol. The predicted octanol–water partition coefficient (Wildman–Crippen LogP) is 1.89. The molecule has 0 radical (unpaired) electrons. The molecule has 0 saturated carbocycles. The molecule has 0 aliphatic rings. The number of aliphatic imine (C=N–C) groups is 1. The van der Waals surface area contributed by atoms with Gasteiger partial charge in [0.05, 0.1) is 7.11 Å². The van der Waals surface area contributed by atoms with Gasteiger partial charge in [0.25, 0.3) is 0 Å². The fourth-order valence-corrected chi connectivity index (χ4v) is 1.74. The van der Waals surface area contributed by atoms with Crippen LogP contribution in [-0.2, 0) is 11.3 Å². The first-order valence-corrected chi connectivity index (χ1v) is 7.61. The minimum absolute atomic E-state index is 0. The van der Waals surface area contributed by atoms with Gasteiger partial charge in [0.2, 0.25) is 5.91 Å². The first-order valence-electron chi connectivity index (χ1n) is 7.61. The van der Waals surface area contributed by atoms with Gasteiger partial charge >= 0.3 is 0 Å². The Labute approximate surface area is 155 Å². The molecule has 0 aromatic heterocycles. The topological polar surface area (TPSA) is 74.8 Å². The lowest BCUT2D eigenvalue weighted by atomic mass is 10.2. The van der Waals surface area contributed by atoms with Gasteiger partial charge in [-0.2, -0.15) is 0 Å². The summed E-state index contributed by atoms with van der Waals surface area (Å²) in [5.74, 6) is 1.37. The number of nitrogens with one attached hydrogen (secondary N) is 3. The Morgan fingerprint density at radius 1 is 1.13 bits per heavy atom. The molecule has 7 heteroatoms. The van der Waals surface area contributed by atoms with E-state index in [0.717, 1.165) is 30.8 Å². The van der Waals surface area contributed by atoms with E-state index >= 15 is 0 Å². The number of guanidine groups is 1. The molecule has 0 aliphatic heterocycles. The van der Waals surface area contributed by atoms with E-state index in [-0.39, 0.29) is 36.4 Å². The second-order valence-electron chi connectivity index (χ2n) is 4.75. The van der Waals surface area contributed by atoms with Crippen molar-refractivity contribution in [3.05, 3.63) is 29.8 Å². The van der Waals surface area contributed by atoms with Crippen LogP contribution in [-0.4, -0.2) is 38.6 Å². The van der Waals surface area contributed by atoms with Gasteiger partial charge < -0.3 is 20.7 Å². The van der Waals surface area contributed by atoms with E-state index in [2.05, 4.69) is 27.9 Å². The average Bonchev–Trinajstić information content (AvgIpc) is 2.56. The fraction of sp³-hybridized carbons (Fsp3) is 0.500. The average molecular weight is 434 g/mol. The first kappa shape index (κ1) is 21.5. The number of hydrogen-bond acceptors (Lipinski definition) is 3. The second kappa shape index (κ2) is 13.0. The lowest BCUT2D eigenvalue weighted by molar-refractivity contribution is -0.119. The highest BCUT2D eigenvalue weighted by Crippen LogP contribution is 2.10. The zero-order chi connectivity index (χ0) is 16.2. The fourth-order valence-electron chi connectivity index (χ4n) is 1.74. The zero-order valence-corrected chi connectivity index (χ0v) is 16.3. The van der Waals surface area contributed by atoms with E-state index in [9.17, 15) is 4.79 Å². The Morgan fingerprint density at radius 3 is 2.39 bits per heavy atom. The van der Waals surface area contributed by atoms with Crippen LogP contribution in [0, 0.1) is 0 Å². The Bertz CT molecular complexity index is 477. The van der Waals surface area contributed by atoms with Crippen LogP contribution in [0.15, 0.2) is 29.3 Å². The maximum absolute atomic E-state index is 11.8. The summed E-state index contributed by atoms with van der Waals surface area (Å²) < 4.78 is 5.10. The maximum Gasteiger partial charge on any atom is 0.242 e. The highest BCUT2D eigenvalue weighted by molar-refractivity contribution is 14.0. The van der Waals surface area contributed by atoms with Crippen molar-refractivity contribution in [2.75, 3.05) is 26.7 Å². The van der Waals surface area contributed by atoms with Gasteiger partial charge in [-0.25, -0.2) is 4.99 Å². The number of methoxy groups -OCH3 is 1. The van der Waals surface area contributed by atoms with Crippen LogP contribution in [0.4, 0.5) is 0 Å². The Balaban J connectivity index is 0.00000484. The number of benzene rings is 1. The molecule has 1 aromatic carbocycles. The molecule has 1 aromatic rings. The SMILES string of the molecule is CCCNC(=NCC(=O)NCc1ccc(OC)cc1)NCC.I. The molecule has 3 N–H and O–H groups in total. The highest BCUT2D eigenvalue weighted by Gasteiger charge is 2.02. The highest BCUT2D eigenvalue weighted by atomic mass is 127. The number of carbonyl (C=O) groups excluding carboxylic acids is 1. The van der Waals surface area contributed by atoms with E-state index in [0.29, 0.717) is 12.5 Å². The number of rotatable bonds is 8. The number of halogens is 1. The molecule has 0 heterocycles. The number of ether oxygens (including phenoxy) is 1. The summed E-state index contributed by atoms with van der Waals surface area (Å²) in [6.07, 6.45) is 1.01. The quantitative estimate of drug-likeness (QED) is 0.332. The summed E-state index contributed by atoms with van der Waals surface area (Å²) in [5, 5.41) is 9.11. The lowest BCUT2D eigenvalue weighted by Crippen LogP contribution is -2.38. The van der Waals surface area contributed by atoms with Gasteiger partial charge in [0.15, 0.2) is 5.96 Å². The summed E-state index contributed by atoms with van der Waals surface area (Å²) in [5.41, 5.74) is 1.02. The van der Waals surface area contributed by atoms with Crippen molar-refractivity contribution in [3.8, 4) is 5.75 Å². The molecule has 6 nitrogen and oxygen atoms in total. The van der Waals surface area contributed by atoms with Gasteiger partial charge in [-0.3, -0.25) is 4.79 Å². The number of hydrogen-bond donors (Lipinski definition) is 3. The molecule has 0 atom stereocenters. The Hall–Kier alpha value is -1.51. The number of nitrogens with zero attached hydrogens (tertiary/aromatic N) is 1. The summed E-state index contributed by atoms with van der Waals surface area (Å²) in [7, 11) is 1.63. The van der Waals surface area contributed by atoms with Crippen LogP contribution < -0.4 is 20.7 Å². The van der Waals surface area contributed by atoms with Crippen molar-refractivity contribution in [3.63, 3.8) is 0 Å². The largest absolute Gasteiger partial charge is 0.497 e. The zero-order valence-electron chi connectivity index (χ0n) is 14.0. The van der Waals surface area contributed by atoms with Crippen LogP contribution in [0.2, 0.25) is 0 Å². The van der Waals surface area contributed by atoms with Gasteiger partial charge in [-0.05, 0) is 31.0 Å². The minimum atomic E-state index is -0.107. The Morgan fingerprint density at radius 2 is 1.83 bits per heavy atom. The number of amides is 1. The summed E-state index contributed by atoms with van der Waals surface area (Å²) in [4.78, 5) is 16.1. The molecule has 0 bridgehead atoms. The second-order valence-corrected chi connectivity index (χ2v) is 4.75. The standard InChI is InChI=1S/C16H26N4O2.HI/c1-4-10-18-16(17-5-2)20-12-15(21)19-11-13-6-8-14(22-3)9-7-13;/h6-9H,4-5,10-12H2,1-3H3,(H,19,21)(H2,17,18,20);1H. The molecule has 0 unspecified atom stereocenters. The van der Waals surface area contributed by atoms with E-state index in [1.54, 1.807) is 7.11 Å². The molecule has 0 spiro atoms. The molecular weight excluding hydrogens is 407 g/mol. The third kappa shape index (κ3) is 9.27. The van der Waals surface area contributed by atoms with Crippen molar-refractivity contribution in [2.24, 2.45) is 4.99 Å². The van der Waals surface area contributed by atoms with E-state index in [1.165, 1.54) is 0 Å². The lowest BCUT2D eigenvalue weighted by Gasteiger charge is -2.10. The van der Waals surface area contributed by atoms with Crippen LogP contribution >= 0.6 is 24.0 Å². The smallest absolute Gasteiger partial charge is 0.242 e. The van der Waals surface area contributed by atoms with Crippen molar-refractivity contribution in [2.45, 2.75) is 26.8 Å². The van der Waals surface area contributed by atoms with Crippen molar-refractivity contribution >= 4 is 35.8 Å². The van der Waals surface area contributed by atoms with Crippen LogP contribution in [0.1, 0.15) is 25.8 Å². The van der Waals surface area contributed by atoms with Crippen molar-refractivity contribution in [1.82, 2.24) is 16.0 Å². The molecule has 130 valence electrons. The molecule has 1 amide bonds. The minimum Gasteiger partial charge on any atom is -0.497 e. The van der Waals surface area contributed by atoms with E-state index in [1.807, 2.05) is 31.2 Å². The van der Waals surface area contributed by atoms with Gasteiger partial charge in [0, 0.05) is 19.6 Å². The molecule has 0 aliphatic carbocycles. The molecular formula is C16H27IN4O2. The van der Waals surface area contributed by atoms with E-state index in [4.69, 9.17) is 4.74 Å². The van der Waals surface area contributed by atoms with Crippen LogP contribution in [0.5, 0.6) is 5.75 Å². The summed E-state index contributed by atoms with van der Waals surface area (Å²) >= 11 is 0. The third-order valence-corrected chi connectivity index (χ3v) is 2.92. The van der Waals surface area contributed by atoms with Crippen LogP contribution in [0.3, 0.4) is 0 Å². The number of carbonyl (C=O) groups is 1. The van der Waals surface area contributed by atoms with Gasteiger partial charge in [-0.1, -0.05) is 19.1 Å². The Kier molecular flexibility index (Phi) is 12.1. The first-order chi connectivity index (χ1) is 10.7. The molecule has 23 heavy (non-hydrogen) atoms. The van der Waals surface area contributed by atoms with Gasteiger partial charge in [0.1, 0.15) is 12.3 Å². The molecule has 1 rings (SSSR count). The van der Waals surface area contributed by atoms with Gasteiger partial charge in [-0.15, -0.1) is 24.0 Å². The summed E-state index contributed by atoms with van der Waals surface area (Å²) in [6.45, 7) is 6.26. The molecule has 0 saturated heterocycles. The van der Waals surface area contributed by atoms with E-state index < -0.39 is 0 Å². The summed E-state index contributed by atoms with van der Waals surface area (Å²) in [6, 6.07) is 7.60.